The van der Waals surface area contributed by atoms with Gasteiger partial charge in [-0.3, -0.25) is 4.79 Å². The van der Waals surface area contributed by atoms with Gasteiger partial charge in [-0.1, -0.05) is 13.3 Å². The molecule has 0 aliphatic heterocycles. The molecule has 0 radical (unpaired) electrons. The van der Waals surface area contributed by atoms with Crippen molar-refractivity contribution in [3.05, 3.63) is 47.5 Å². The number of rotatable bonds is 7. The number of phenolic OH excluding ortho intramolecular Hbond substituents is 2. The number of benzene rings is 2. The van der Waals surface area contributed by atoms with Crippen molar-refractivity contribution < 1.29 is 30.2 Å². The molecule has 2 aromatic carbocycles. The summed E-state index contributed by atoms with van der Waals surface area (Å²) in [5, 5.41) is 20.2. The fraction of sp³-hybridized carbons (Fsp3) is 0.190. The molecule has 0 aliphatic rings. The van der Waals surface area contributed by atoms with Gasteiger partial charge in [-0.2, -0.15) is 0 Å². The summed E-state index contributed by atoms with van der Waals surface area (Å²) < 4.78 is 10.5. The molecule has 26 heavy (non-hydrogen) atoms. The maximum absolute atomic E-state index is 12.6. The number of hydrogen-bond acceptors (Lipinski definition) is 5. The van der Waals surface area contributed by atoms with Crippen molar-refractivity contribution in [2.45, 2.75) is 19.8 Å². The van der Waals surface area contributed by atoms with Crippen molar-refractivity contribution in [3.8, 4) is 47.4 Å². The number of carbonyl (C=O) groups is 1. The largest absolute Gasteiger partial charge is 0.507 e. The highest BCUT2D eigenvalue weighted by atomic mass is 16.5. The molecule has 0 bridgehead atoms. The average Bonchev–Trinajstić information content (AvgIpc) is 2.62. The minimum atomic E-state index is -0.527. The fourth-order valence-corrected chi connectivity index (χ4v) is 2.15. The van der Waals surface area contributed by atoms with E-state index < -0.39 is 5.78 Å². The quantitative estimate of drug-likeness (QED) is 0.434. The zero-order valence-electron chi connectivity index (χ0n) is 14.3. The predicted molar refractivity (Wildman–Crippen MR) is 106 cm³/mol. The van der Waals surface area contributed by atoms with Gasteiger partial charge in [0.2, 0.25) is 0 Å². The van der Waals surface area contributed by atoms with Gasteiger partial charge in [-0.25, -0.2) is 0 Å². The molecule has 0 amide bonds. The summed E-state index contributed by atoms with van der Waals surface area (Å²) in [5.41, 5.74) is 0.0844. The van der Waals surface area contributed by atoms with Crippen LogP contribution in [-0.2, 0) is 0 Å². The first-order valence-corrected chi connectivity index (χ1v) is 8.02. The number of terminal acetylenes is 1. The normalized spacial score (nSPS) is 9.54. The van der Waals surface area contributed by atoms with Crippen LogP contribution in [0, 0.1) is 24.4 Å². The second kappa shape index (κ2) is 9.05. The Balaban J connectivity index is -0.00000182. The summed E-state index contributed by atoms with van der Waals surface area (Å²) in [4.78, 5) is 12.6. The summed E-state index contributed by atoms with van der Waals surface area (Å²) in [6.07, 6.45) is 9.13. The highest BCUT2D eigenvalue weighted by Crippen LogP contribution is 2.30. The molecule has 0 unspecified atom stereocenters. The molecule has 2 aromatic rings. The molecular weight excluding hydrogens is 332 g/mol. The predicted octanol–water partition coefficient (Wildman–Crippen LogP) is 4.46. The molecule has 140 valence electrons. The molecule has 2 N–H and O–H groups in total. The summed E-state index contributed by atoms with van der Waals surface area (Å²) in [7, 11) is 0. The Morgan fingerprint density at radius 2 is 1.73 bits per heavy atom. The van der Waals surface area contributed by atoms with Crippen molar-refractivity contribution in [1.82, 2.24) is 0 Å². The monoisotopic (exact) mass is 358 g/mol. The molecule has 0 atom stereocenters. The number of hydrogen-bond donors (Lipinski definition) is 2. The van der Waals surface area contributed by atoms with E-state index in [2.05, 4.69) is 17.9 Å². The van der Waals surface area contributed by atoms with E-state index in [1.54, 1.807) is 6.07 Å². The van der Waals surface area contributed by atoms with Gasteiger partial charge >= 0.3 is 0 Å². The van der Waals surface area contributed by atoms with Crippen molar-refractivity contribution in [2.75, 3.05) is 6.61 Å². The molecule has 0 saturated heterocycles. The minimum Gasteiger partial charge on any atom is -0.507 e. The average molecular weight is 358 g/mol. The van der Waals surface area contributed by atoms with Crippen LogP contribution in [0.15, 0.2) is 36.4 Å². The second-order valence-electron chi connectivity index (χ2n) is 5.36. The summed E-state index contributed by atoms with van der Waals surface area (Å²) in [6.45, 7) is 2.58. The molecule has 0 heterocycles. The van der Waals surface area contributed by atoms with E-state index in [9.17, 15) is 15.0 Å². The van der Waals surface area contributed by atoms with Crippen LogP contribution in [0.25, 0.3) is 0 Å². The van der Waals surface area contributed by atoms with Gasteiger partial charge in [0.25, 0.3) is 0 Å². The van der Waals surface area contributed by atoms with Crippen molar-refractivity contribution in [2.24, 2.45) is 0 Å². The maximum atomic E-state index is 12.6. The van der Waals surface area contributed by atoms with E-state index in [1.165, 1.54) is 30.3 Å². The Morgan fingerprint density at radius 3 is 2.31 bits per heavy atom. The number of ether oxygens (including phenoxy) is 2. The molecule has 0 fully saturated rings. The zero-order chi connectivity index (χ0) is 18.9. The zero-order valence-corrected chi connectivity index (χ0v) is 14.3. The third-order valence-corrected chi connectivity index (χ3v) is 3.49. The highest BCUT2D eigenvalue weighted by Gasteiger charge is 2.18. The lowest BCUT2D eigenvalue weighted by Crippen LogP contribution is -2.03. The van der Waals surface area contributed by atoms with Crippen LogP contribution >= 0.6 is 0 Å². The number of phenols is 2. The van der Waals surface area contributed by atoms with Gasteiger partial charge in [-0.15, -0.1) is 6.42 Å². The van der Waals surface area contributed by atoms with Gasteiger partial charge < -0.3 is 19.7 Å². The van der Waals surface area contributed by atoms with Gasteiger partial charge in [0.1, 0.15) is 29.1 Å². The van der Waals surface area contributed by atoms with Gasteiger partial charge in [0, 0.05) is 23.8 Å². The molecule has 0 saturated carbocycles. The van der Waals surface area contributed by atoms with Gasteiger partial charge in [0.15, 0.2) is 5.78 Å². The van der Waals surface area contributed by atoms with Crippen LogP contribution in [0.5, 0.6) is 23.0 Å². The van der Waals surface area contributed by atoms with Crippen LogP contribution < -0.4 is 9.47 Å². The molecule has 2 rings (SSSR count). The van der Waals surface area contributed by atoms with Crippen LogP contribution in [0.3, 0.4) is 0 Å². The van der Waals surface area contributed by atoms with Crippen molar-refractivity contribution in [1.29, 1.82) is 0 Å². The summed E-state index contributed by atoms with van der Waals surface area (Å²) in [5.74, 6) is 4.04. The third-order valence-electron chi connectivity index (χ3n) is 3.49. The maximum Gasteiger partial charge on any atom is 0.200 e. The molecular formula is C21H26O5. The molecule has 0 spiro atoms. The van der Waals surface area contributed by atoms with Crippen LogP contribution in [0.4, 0.5) is 0 Å². The van der Waals surface area contributed by atoms with E-state index in [4.69, 9.17) is 15.9 Å². The first kappa shape index (κ1) is 18.8. The van der Waals surface area contributed by atoms with E-state index in [1.807, 2.05) is 6.92 Å². The van der Waals surface area contributed by atoms with Crippen LogP contribution in [0.1, 0.15) is 41.4 Å². The summed E-state index contributed by atoms with van der Waals surface area (Å²) in [6, 6.07) is 8.55. The SMILES string of the molecule is C#CC#COc1ccc(C(=O)c2ccc(OCCCC)cc2O)c(O)c1.[HH].[HH].[HH].[HH]. The fourth-order valence-electron chi connectivity index (χ4n) is 2.15. The second-order valence-corrected chi connectivity index (χ2v) is 5.36. The van der Waals surface area contributed by atoms with E-state index >= 15 is 0 Å². The first-order chi connectivity index (χ1) is 12.6. The topological polar surface area (TPSA) is 76.0 Å². The minimum absolute atomic E-state index is 0. The lowest BCUT2D eigenvalue weighted by Gasteiger charge is -2.10. The Bertz CT molecular complexity index is 914. The van der Waals surface area contributed by atoms with Crippen LogP contribution in [-0.4, -0.2) is 22.6 Å². The Labute approximate surface area is 158 Å². The molecule has 0 aliphatic carbocycles. The van der Waals surface area contributed by atoms with E-state index in [-0.39, 0.29) is 34.1 Å². The smallest absolute Gasteiger partial charge is 0.200 e. The Hall–Kier alpha value is -3.57. The number of aromatic hydroxyl groups is 2. The summed E-state index contributed by atoms with van der Waals surface area (Å²) >= 11 is 0. The Kier molecular flexibility index (Phi) is 6.53. The number of carbonyl (C=O) groups excluding carboxylic acids is 1. The van der Waals surface area contributed by atoms with E-state index in [0.717, 1.165) is 12.8 Å². The van der Waals surface area contributed by atoms with E-state index in [0.29, 0.717) is 12.4 Å². The lowest BCUT2D eigenvalue weighted by molar-refractivity contribution is 0.103. The van der Waals surface area contributed by atoms with Gasteiger partial charge in [0.05, 0.1) is 17.7 Å². The number of unbranched alkanes of at least 4 members (excludes halogenated alkanes) is 1. The highest BCUT2D eigenvalue weighted by molar-refractivity contribution is 6.12. The molecule has 5 nitrogen and oxygen atoms in total. The third kappa shape index (κ3) is 4.72. The van der Waals surface area contributed by atoms with Crippen LogP contribution in [0.2, 0.25) is 0 Å². The van der Waals surface area contributed by atoms with Gasteiger partial charge in [-0.05, 0) is 36.6 Å². The molecule has 0 aromatic heterocycles. The molecule has 5 heteroatoms. The standard InChI is InChI=1S/C21H18O5.4H2/c1-3-5-11-25-15-7-9-17(19(22)13-15)21(24)18-10-8-16(14-20(18)23)26-12-6-4-2;;;;/h1,7-10,13-14,22-23H,4,6,12H2,2H3;4*1H. The lowest BCUT2D eigenvalue weighted by atomic mass is 10.0. The first-order valence-electron chi connectivity index (χ1n) is 8.02. The number of ketones is 1. The Morgan fingerprint density at radius 1 is 1.12 bits per heavy atom. The van der Waals surface area contributed by atoms with Crippen molar-refractivity contribution >= 4 is 5.78 Å². The van der Waals surface area contributed by atoms with Crippen molar-refractivity contribution in [3.63, 3.8) is 0 Å².